The van der Waals surface area contributed by atoms with E-state index in [-0.39, 0.29) is 5.56 Å². The summed E-state index contributed by atoms with van der Waals surface area (Å²) in [6, 6.07) is 1.62. The predicted octanol–water partition coefficient (Wildman–Crippen LogP) is 1.97. The van der Waals surface area contributed by atoms with Crippen molar-refractivity contribution in [1.29, 1.82) is 0 Å². The molecule has 0 aliphatic heterocycles. The summed E-state index contributed by atoms with van der Waals surface area (Å²) in [4.78, 5) is 11.5. The van der Waals surface area contributed by atoms with Gasteiger partial charge >= 0.3 is 0 Å². The van der Waals surface area contributed by atoms with Gasteiger partial charge in [-0.05, 0) is 18.4 Å². The second kappa shape index (κ2) is 5.29. The number of nitrogens with zero attached hydrogens (tertiary/aromatic N) is 2. The maximum absolute atomic E-state index is 11.5. The quantitative estimate of drug-likeness (QED) is 0.775. The van der Waals surface area contributed by atoms with Crippen LogP contribution in [0.4, 0.5) is 0 Å². The molecule has 0 aromatic carbocycles. The first kappa shape index (κ1) is 11.4. The van der Waals surface area contributed by atoms with Crippen LogP contribution in [0.2, 0.25) is 0 Å². The summed E-state index contributed by atoms with van der Waals surface area (Å²) in [6.45, 7) is 4.69. The molecule has 0 N–H and O–H groups in total. The smallest absolute Gasteiger partial charge is 0.266 e. The van der Waals surface area contributed by atoms with Crippen molar-refractivity contribution in [2.75, 3.05) is 5.33 Å². The maximum atomic E-state index is 11.5. The Morgan fingerprint density at radius 1 is 1.64 bits per heavy atom. The molecule has 0 saturated heterocycles. The van der Waals surface area contributed by atoms with Crippen molar-refractivity contribution < 1.29 is 0 Å². The van der Waals surface area contributed by atoms with E-state index in [0.29, 0.717) is 12.5 Å². The van der Waals surface area contributed by atoms with Gasteiger partial charge in [-0.15, -0.1) is 0 Å². The van der Waals surface area contributed by atoms with E-state index < -0.39 is 0 Å². The van der Waals surface area contributed by atoms with Crippen LogP contribution < -0.4 is 5.56 Å². The number of rotatable bonds is 4. The van der Waals surface area contributed by atoms with Crippen LogP contribution in [0.15, 0.2) is 17.1 Å². The summed E-state index contributed by atoms with van der Waals surface area (Å²) in [6.07, 6.45) is 2.77. The Hall–Kier alpha value is -0.640. The van der Waals surface area contributed by atoms with Gasteiger partial charge in [0.25, 0.3) is 5.56 Å². The molecule has 3 nitrogen and oxygen atoms in total. The molecule has 1 rings (SSSR count). The lowest BCUT2D eigenvalue weighted by molar-refractivity contribution is 0.431. The Morgan fingerprint density at radius 2 is 2.36 bits per heavy atom. The van der Waals surface area contributed by atoms with Crippen LogP contribution >= 0.6 is 15.9 Å². The third-order valence-electron chi connectivity index (χ3n) is 2.23. The molecule has 0 amide bonds. The second-order valence-corrected chi connectivity index (χ2v) is 4.13. The largest absolute Gasteiger partial charge is 0.268 e. The van der Waals surface area contributed by atoms with Crippen LogP contribution in [0.5, 0.6) is 0 Å². The van der Waals surface area contributed by atoms with Gasteiger partial charge < -0.3 is 0 Å². The zero-order valence-corrected chi connectivity index (χ0v) is 10.1. The standard InChI is InChI=1S/C10H15BrN2O/c1-3-9(5-11)7-13-10(14)4-8(2)6-12-13/h4,6,9H,3,5,7H2,1-2H3. The molecule has 0 aliphatic rings. The molecular weight excluding hydrogens is 244 g/mol. The average Bonchev–Trinajstić information content (AvgIpc) is 2.17. The fourth-order valence-electron chi connectivity index (χ4n) is 1.19. The molecule has 0 saturated carbocycles. The number of aromatic nitrogens is 2. The Labute approximate surface area is 92.3 Å². The Balaban J connectivity index is 2.81. The van der Waals surface area contributed by atoms with Crippen LogP contribution in [-0.2, 0) is 6.54 Å². The highest BCUT2D eigenvalue weighted by molar-refractivity contribution is 9.09. The highest BCUT2D eigenvalue weighted by Crippen LogP contribution is 2.07. The average molecular weight is 259 g/mol. The molecule has 0 bridgehead atoms. The van der Waals surface area contributed by atoms with Gasteiger partial charge in [0.2, 0.25) is 0 Å². The number of aryl methyl sites for hydroxylation is 1. The van der Waals surface area contributed by atoms with Gasteiger partial charge in [-0.1, -0.05) is 29.3 Å². The van der Waals surface area contributed by atoms with Gasteiger partial charge in [0, 0.05) is 17.9 Å². The van der Waals surface area contributed by atoms with Crippen molar-refractivity contribution in [3.63, 3.8) is 0 Å². The lowest BCUT2D eigenvalue weighted by Crippen LogP contribution is -2.26. The number of hydrogen-bond acceptors (Lipinski definition) is 2. The van der Waals surface area contributed by atoms with Gasteiger partial charge in [0.05, 0.1) is 6.20 Å². The van der Waals surface area contributed by atoms with Crippen LogP contribution in [0.25, 0.3) is 0 Å². The van der Waals surface area contributed by atoms with E-state index in [4.69, 9.17) is 0 Å². The van der Waals surface area contributed by atoms with Crippen molar-refractivity contribution in [1.82, 2.24) is 9.78 Å². The minimum atomic E-state index is -0.00981. The van der Waals surface area contributed by atoms with Gasteiger partial charge in [-0.2, -0.15) is 5.10 Å². The van der Waals surface area contributed by atoms with E-state index in [1.165, 1.54) is 4.68 Å². The monoisotopic (exact) mass is 258 g/mol. The molecule has 4 heteroatoms. The number of alkyl halides is 1. The normalized spacial score (nSPS) is 12.8. The summed E-state index contributed by atoms with van der Waals surface area (Å²) < 4.78 is 1.53. The zero-order valence-electron chi connectivity index (χ0n) is 8.53. The van der Waals surface area contributed by atoms with Crippen molar-refractivity contribution in [3.8, 4) is 0 Å². The first-order valence-corrected chi connectivity index (χ1v) is 5.89. The highest BCUT2D eigenvalue weighted by atomic mass is 79.9. The molecule has 1 unspecified atom stereocenters. The van der Waals surface area contributed by atoms with E-state index in [1.54, 1.807) is 12.3 Å². The Morgan fingerprint density at radius 3 is 2.86 bits per heavy atom. The molecule has 0 spiro atoms. The van der Waals surface area contributed by atoms with Crippen molar-refractivity contribution >= 4 is 15.9 Å². The van der Waals surface area contributed by atoms with Gasteiger partial charge in [0.15, 0.2) is 0 Å². The van der Waals surface area contributed by atoms with E-state index in [9.17, 15) is 4.79 Å². The fraction of sp³-hybridized carbons (Fsp3) is 0.600. The van der Waals surface area contributed by atoms with Crippen molar-refractivity contribution in [2.24, 2.45) is 5.92 Å². The molecule has 78 valence electrons. The summed E-state index contributed by atoms with van der Waals surface area (Å²) >= 11 is 3.43. The third-order valence-corrected chi connectivity index (χ3v) is 3.15. The molecular formula is C10H15BrN2O. The first-order valence-electron chi connectivity index (χ1n) is 4.77. The number of hydrogen-bond donors (Lipinski definition) is 0. The van der Waals surface area contributed by atoms with Gasteiger partial charge in [-0.3, -0.25) is 4.79 Å². The molecule has 1 atom stereocenters. The molecule has 1 aromatic rings. The molecule has 0 radical (unpaired) electrons. The van der Waals surface area contributed by atoms with Gasteiger partial charge in [0.1, 0.15) is 0 Å². The van der Waals surface area contributed by atoms with Crippen LogP contribution in [0, 0.1) is 12.8 Å². The Bertz CT molecular complexity index is 344. The van der Waals surface area contributed by atoms with E-state index >= 15 is 0 Å². The molecule has 0 aliphatic carbocycles. The predicted molar refractivity (Wildman–Crippen MR) is 60.8 cm³/mol. The minimum absolute atomic E-state index is 0.00981. The first-order chi connectivity index (χ1) is 6.67. The summed E-state index contributed by atoms with van der Waals surface area (Å²) in [5.74, 6) is 0.475. The van der Waals surface area contributed by atoms with Crippen molar-refractivity contribution in [3.05, 3.63) is 28.2 Å². The lowest BCUT2D eigenvalue weighted by atomic mass is 10.1. The topological polar surface area (TPSA) is 34.9 Å². The minimum Gasteiger partial charge on any atom is -0.268 e. The fourth-order valence-corrected chi connectivity index (χ4v) is 1.86. The maximum Gasteiger partial charge on any atom is 0.266 e. The van der Waals surface area contributed by atoms with Gasteiger partial charge in [-0.25, -0.2) is 4.68 Å². The second-order valence-electron chi connectivity index (χ2n) is 3.48. The highest BCUT2D eigenvalue weighted by Gasteiger charge is 2.07. The SMILES string of the molecule is CCC(CBr)Cn1ncc(C)cc1=O. The summed E-state index contributed by atoms with van der Waals surface area (Å²) in [7, 11) is 0. The van der Waals surface area contributed by atoms with E-state index in [0.717, 1.165) is 17.3 Å². The van der Waals surface area contributed by atoms with Crippen molar-refractivity contribution in [2.45, 2.75) is 26.8 Å². The molecule has 0 fully saturated rings. The molecule has 1 aromatic heterocycles. The lowest BCUT2D eigenvalue weighted by Gasteiger charge is -2.11. The molecule has 1 heterocycles. The zero-order chi connectivity index (χ0) is 10.6. The Kier molecular flexibility index (Phi) is 4.32. The summed E-state index contributed by atoms with van der Waals surface area (Å²) in [5.41, 5.74) is 0.905. The van der Waals surface area contributed by atoms with E-state index in [1.807, 2.05) is 6.92 Å². The van der Waals surface area contributed by atoms with Crippen LogP contribution in [0.3, 0.4) is 0 Å². The van der Waals surface area contributed by atoms with Crippen LogP contribution in [-0.4, -0.2) is 15.1 Å². The molecule has 14 heavy (non-hydrogen) atoms. The van der Waals surface area contributed by atoms with E-state index in [2.05, 4.69) is 28.0 Å². The number of halogens is 1. The summed E-state index contributed by atoms with van der Waals surface area (Å²) in [5, 5.41) is 5.01. The van der Waals surface area contributed by atoms with Crippen LogP contribution in [0.1, 0.15) is 18.9 Å². The third kappa shape index (κ3) is 2.94.